The number of carbonyl (C=O) groups excluding carboxylic acids is 1. The molecule has 0 fully saturated rings. The monoisotopic (exact) mass is 497 g/mol. The van der Waals surface area contributed by atoms with Crippen molar-refractivity contribution in [2.24, 2.45) is 5.10 Å². The molecule has 146 valence electrons. The summed E-state index contributed by atoms with van der Waals surface area (Å²) in [4.78, 5) is 12.3. The number of halogens is 1. The van der Waals surface area contributed by atoms with Gasteiger partial charge in [0.2, 0.25) is 5.91 Å². The van der Waals surface area contributed by atoms with E-state index in [4.69, 9.17) is 0 Å². The first-order valence-electron chi connectivity index (χ1n) is 9.31. The van der Waals surface area contributed by atoms with E-state index in [2.05, 4.69) is 62.0 Å². The number of carbonyl (C=O) groups is 1. The SMILES string of the molecule is Cc1cc(/C=N/NC(=O)CCn2c3ccccc3c3ccccc32)cc(I)c1O. The number of aromatic nitrogens is 1. The molecule has 0 aliphatic heterocycles. The van der Waals surface area contributed by atoms with E-state index in [9.17, 15) is 9.90 Å². The summed E-state index contributed by atoms with van der Waals surface area (Å²) >= 11 is 2.07. The van der Waals surface area contributed by atoms with Gasteiger partial charge in [-0.3, -0.25) is 4.79 Å². The quantitative estimate of drug-likeness (QED) is 0.233. The van der Waals surface area contributed by atoms with E-state index in [1.807, 2.05) is 43.3 Å². The average Bonchev–Trinajstić information content (AvgIpc) is 3.04. The molecule has 0 aliphatic carbocycles. The van der Waals surface area contributed by atoms with Crippen LogP contribution in [-0.2, 0) is 11.3 Å². The standard InChI is InChI=1S/C23H20IN3O2/c1-15-12-16(13-19(24)23(15)29)14-25-26-22(28)10-11-27-20-8-4-2-6-17(20)18-7-3-5-9-21(18)27/h2-9,12-14,29H,10-11H2,1H3,(H,26,28)/b25-14+. The van der Waals surface area contributed by atoms with Crippen molar-refractivity contribution in [2.45, 2.75) is 19.9 Å². The fourth-order valence-corrected chi connectivity index (χ4v) is 4.31. The highest BCUT2D eigenvalue weighted by Gasteiger charge is 2.10. The number of benzene rings is 3. The molecule has 29 heavy (non-hydrogen) atoms. The number of para-hydroxylation sites is 2. The molecule has 0 atom stereocenters. The van der Waals surface area contributed by atoms with Crippen molar-refractivity contribution < 1.29 is 9.90 Å². The Hall–Kier alpha value is -2.87. The minimum atomic E-state index is -0.145. The van der Waals surface area contributed by atoms with Gasteiger partial charge in [-0.15, -0.1) is 0 Å². The van der Waals surface area contributed by atoms with Crippen LogP contribution in [0.1, 0.15) is 17.5 Å². The van der Waals surface area contributed by atoms with Gasteiger partial charge in [0.05, 0.1) is 9.78 Å². The van der Waals surface area contributed by atoms with Crippen LogP contribution in [0.5, 0.6) is 5.75 Å². The number of aromatic hydroxyl groups is 1. The number of phenolic OH excluding ortho intramolecular Hbond substituents is 1. The second-order valence-electron chi connectivity index (χ2n) is 6.90. The lowest BCUT2D eigenvalue weighted by molar-refractivity contribution is -0.121. The molecule has 6 heteroatoms. The van der Waals surface area contributed by atoms with E-state index in [1.54, 1.807) is 6.21 Å². The third-order valence-electron chi connectivity index (χ3n) is 4.92. The van der Waals surface area contributed by atoms with E-state index in [-0.39, 0.29) is 11.7 Å². The topological polar surface area (TPSA) is 66.6 Å². The Kier molecular flexibility index (Phi) is 5.53. The summed E-state index contributed by atoms with van der Waals surface area (Å²) in [6.07, 6.45) is 1.92. The summed E-state index contributed by atoms with van der Waals surface area (Å²) in [6.45, 7) is 2.41. The molecule has 1 heterocycles. The molecule has 1 aromatic heterocycles. The summed E-state index contributed by atoms with van der Waals surface area (Å²) in [6, 6.07) is 20.1. The van der Waals surface area contributed by atoms with Gasteiger partial charge in [-0.1, -0.05) is 36.4 Å². The highest BCUT2D eigenvalue weighted by atomic mass is 127. The van der Waals surface area contributed by atoms with Gasteiger partial charge >= 0.3 is 0 Å². The maximum absolute atomic E-state index is 12.3. The van der Waals surface area contributed by atoms with Crippen LogP contribution in [0.25, 0.3) is 21.8 Å². The highest BCUT2D eigenvalue weighted by Crippen LogP contribution is 2.28. The number of nitrogens with zero attached hydrogens (tertiary/aromatic N) is 2. The van der Waals surface area contributed by atoms with Crippen molar-refractivity contribution in [3.05, 3.63) is 75.4 Å². The lowest BCUT2D eigenvalue weighted by atomic mass is 10.1. The number of amides is 1. The first-order valence-corrected chi connectivity index (χ1v) is 10.4. The molecule has 5 nitrogen and oxygen atoms in total. The molecular formula is C23H20IN3O2. The molecule has 0 spiro atoms. The first-order chi connectivity index (χ1) is 14.0. The second kappa shape index (κ2) is 8.24. The van der Waals surface area contributed by atoms with Gasteiger partial charge in [0.25, 0.3) is 0 Å². The number of nitrogens with one attached hydrogen (secondary N) is 1. The molecular weight excluding hydrogens is 477 g/mol. The maximum Gasteiger partial charge on any atom is 0.241 e. The maximum atomic E-state index is 12.3. The van der Waals surface area contributed by atoms with E-state index in [1.165, 1.54) is 10.8 Å². The van der Waals surface area contributed by atoms with Crippen molar-refractivity contribution in [3.63, 3.8) is 0 Å². The number of hydrogen-bond acceptors (Lipinski definition) is 3. The van der Waals surface area contributed by atoms with Crippen LogP contribution in [0.4, 0.5) is 0 Å². The zero-order valence-corrected chi connectivity index (χ0v) is 18.1. The van der Waals surface area contributed by atoms with Crippen LogP contribution in [-0.4, -0.2) is 21.8 Å². The fourth-order valence-electron chi connectivity index (χ4n) is 3.53. The Morgan fingerprint density at radius 1 is 1.10 bits per heavy atom. The van der Waals surface area contributed by atoms with Gasteiger partial charge in [0, 0.05) is 34.8 Å². The minimum absolute atomic E-state index is 0.145. The smallest absolute Gasteiger partial charge is 0.241 e. The molecule has 4 rings (SSSR count). The second-order valence-corrected chi connectivity index (χ2v) is 8.06. The van der Waals surface area contributed by atoms with Gasteiger partial charge < -0.3 is 9.67 Å². The number of rotatable bonds is 5. The molecule has 2 N–H and O–H groups in total. The largest absolute Gasteiger partial charge is 0.507 e. The molecule has 0 aliphatic rings. The Balaban J connectivity index is 1.46. The van der Waals surface area contributed by atoms with Crippen molar-refractivity contribution in [1.29, 1.82) is 0 Å². The number of aryl methyl sites for hydroxylation is 2. The minimum Gasteiger partial charge on any atom is -0.507 e. The van der Waals surface area contributed by atoms with Crippen LogP contribution in [0.2, 0.25) is 0 Å². The van der Waals surface area contributed by atoms with Crippen molar-refractivity contribution in [3.8, 4) is 5.75 Å². The summed E-state index contributed by atoms with van der Waals surface area (Å²) in [5, 5.41) is 16.3. The zero-order valence-electron chi connectivity index (χ0n) is 15.9. The van der Waals surface area contributed by atoms with Gasteiger partial charge in [0.15, 0.2) is 0 Å². The highest BCUT2D eigenvalue weighted by molar-refractivity contribution is 14.1. The normalized spacial score (nSPS) is 11.5. The van der Waals surface area contributed by atoms with Crippen molar-refractivity contribution in [1.82, 2.24) is 9.99 Å². The number of hydrogen-bond donors (Lipinski definition) is 2. The van der Waals surface area contributed by atoms with Crippen LogP contribution < -0.4 is 5.43 Å². The number of fused-ring (bicyclic) bond motifs is 3. The first kappa shape index (κ1) is 19.4. The van der Waals surface area contributed by atoms with Crippen LogP contribution >= 0.6 is 22.6 Å². The molecule has 3 aromatic carbocycles. The predicted octanol–water partition coefficient (Wildman–Crippen LogP) is 4.95. The molecule has 1 amide bonds. The Morgan fingerprint density at radius 2 is 1.72 bits per heavy atom. The molecule has 4 aromatic rings. The van der Waals surface area contributed by atoms with E-state index >= 15 is 0 Å². The molecule has 0 unspecified atom stereocenters. The molecule has 0 saturated heterocycles. The van der Waals surface area contributed by atoms with E-state index < -0.39 is 0 Å². The summed E-state index contributed by atoms with van der Waals surface area (Å²) in [7, 11) is 0. The Bertz CT molecular complexity index is 1170. The van der Waals surface area contributed by atoms with Crippen molar-refractivity contribution in [2.75, 3.05) is 0 Å². The summed E-state index contributed by atoms with van der Waals surface area (Å²) < 4.78 is 2.93. The van der Waals surface area contributed by atoms with Crippen LogP contribution in [0, 0.1) is 10.5 Å². The van der Waals surface area contributed by atoms with E-state index in [0.29, 0.717) is 13.0 Å². The average molecular weight is 497 g/mol. The molecule has 0 bridgehead atoms. The number of hydrazone groups is 1. The van der Waals surface area contributed by atoms with Crippen LogP contribution in [0.15, 0.2) is 65.8 Å². The number of phenols is 1. The van der Waals surface area contributed by atoms with E-state index in [0.717, 1.165) is 25.7 Å². The van der Waals surface area contributed by atoms with Gasteiger partial charge in [-0.25, -0.2) is 5.43 Å². The van der Waals surface area contributed by atoms with Gasteiger partial charge in [-0.2, -0.15) is 5.10 Å². The van der Waals surface area contributed by atoms with Crippen molar-refractivity contribution >= 4 is 56.5 Å². The Labute approximate surface area is 182 Å². The fraction of sp³-hybridized carbons (Fsp3) is 0.130. The van der Waals surface area contributed by atoms with Crippen LogP contribution in [0.3, 0.4) is 0 Å². The van der Waals surface area contributed by atoms with Gasteiger partial charge in [0.1, 0.15) is 5.75 Å². The lowest BCUT2D eigenvalue weighted by Crippen LogP contribution is -2.19. The molecule has 0 saturated carbocycles. The predicted molar refractivity (Wildman–Crippen MR) is 125 cm³/mol. The summed E-state index contributed by atoms with van der Waals surface area (Å²) in [5.74, 6) is 0.131. The lowest BCUT2D eigenvalue weighted by Gasteiger charge is -2.07. The third kappa shape index (κ3) is 3.98. The third-order valence-corrected chi connectivity index (χ3v) is 5.74. The molecule has 0 radical (unpaired) electrons. The summed E-state index contributed by atoms with van der Waals surface area (Å²) in [5.41, 5.74) is 6.44. The van der Waals surface area contributed by atoms with Gasteiger partial charge in [-0.05, 0) is 64.9 Å². The Morgan fingerprint density at radius 3 is 2.34 bits per heavy atom. The zero-order chi connectivity index (χ0) is 20.4.